The molecule has 0 saturated heterocycles. The van der Waals surface area contributed by atoms with E-state index in [2.05, 4.69) is 4.98 Å². The van der Waals surface area contributed by atoms with Gasteiger partial charge in [-0.1, -0.05) is 30.3 Å². The Morgan fingerprint density at radius 1 is 1.12 bits per heavy atom. The minimum atomic E-state index is -1.90. The van der Waals surface area contributed by atoms with Crippen LogP contribution in [-0.4, -0.2) is 22.2 Å². The number of H-pyrrole nitrogens is 1. The largest absolute Gasteiger partial charge is 0.488 e. The quantitative estimate of drug-likeness (QED) is 0.531. The van der Waals surface area contributed by atoms with Crippen molar-refractivity contribution in [1.82, 2.24) is 4.98 Å². The van der Waals surface area contributed by atoms with Crippen molar-refractivity contribution in [2.24, 2.45) is 0 Å². The second-order valence-electron chi connectivity index (χ2n) is 3.43. The van der Waals surface area contributed by atoms with E-state index in [9.17, 15) is 10.0 Å². The van der Waals surface area contributed by atoms with Gasteiger partial charge in [0, 0.05) is 21.8 Å². The molecule has 0 unspecified atom stereocenters. The van der Waals surface area contributed by atoms with Gasteiger partial charge in [-0.15, -0.1) is 0 Å². The molecule has 0 radical (unpaired) electrons. The van der Waals surface area contributed by atoms with Crippen molar-refractivity contribution in [2.75, 3.05) is 0 Å². The molecular weight excluding hydrogens is 201 g/mol. The molecular formula is C12H10BNO2. The fourth-order valence-corrected chi connectivity index (χ4v) is 1.65. The first-order chi connectivity index (χ1) is 9.82. The summed E-state index contributed by atoms with van der Waals surface area (Å²) in [5.74, 6) is 0. The van der Waals surface area contributed by atoms with E-state index in [1.807, 2.05) is 0 Å². The fraction of sp³-hybridized carbons (Fsp3) is 0. The molecule has 16 heavy (non-hydrogen) atoms. The van der Waals surface area contributed by atoms with Crippen LogP contribution in [0.2, 0.25) is 0 Å². The zero-order chi connectivity index (χ0) is 15.5. The molecule has 78 valence electrons. The van der Waals surface area contributed by atoms with Gasteiger partial charge in [-0.25, -0.2) is 0 Å². The lowest BCUT2D eigenvalue weighted by molar-refractivity contribution is 0.426. The maximum absolute atomic E-state index is 9.30. The molecule has 0 spiro atoms. The second-order valence-corrected chi connectivity index (χ2v) is 3.43. The van der Waals surface area contributed by atoms with Gasteiger partial charge in [0.05, 0.1) is 6.85 Å². The van der Waals surface area contributed by atoms with Gasteiger partial charge in [0.25, 0.3) is 0 Å². The standard InChI is InChI=1S/C12H10BNO2/c15-13(16)8-5-6-12-10(7-8)9-3-1-2-4-11(9)14-12/h1-7,14-16H/i1D,3D,4D,6D,7D. The number of hydrogen-bond donors (Lipinski definition) is 3. The molecule has 0 amide bonds. The lowest BCUT2D eigenvalue weighted by Crippen LogP contribution is -2.29. The lowest BCUT2D eigenvalue weighted by Gasteiger charge is -1.98. The van der Waals surface area contributed by atoms with Gasteiger partial charge in [0.15, 0.2) is 0 Å². The summed E-state index contributed by atoms with van der Waals surface area (Å²) in [6.45, 7) is 0. The Kier molecular flexibility index (Phi) is 1.16. The van der Waals surface area contributed by atoms with Crippen molar-refractivity contribution in [1.29, 1.82) is 0 Å². The third-order valence-electron chi connectivity index (χ3n) is 2.41. The SMILES string of the molecule is [2H]c1cc([2H])c2[nH]c3c([2H])cc(B(O)O)c([2H])c3c2c1[2H]. The van der Waals surface area contributed by atoms with Crippen molar-refractivity contribution in [3.05, 3.63) is 42.3 Å². The minimum absolute atomic E-state index is 0.00732. The summed E-state index contributed by atoms with van der Waals surface area (Å²) in [6, 6.07) is 1.77. The molecule has 3 aromatic rings. The summed E-state index contributed by atoms with van der Waals surface area (Å²) in [6.07, 6.45) is 0. The van der Waals surface area contributed by atoms with Crippen LogP contribution in [0.15, 0.2) is 42.3 Å². The van der Waals surface area contributed by atoms with Gasteiger partial charge >= 0.3 is 7.12 Å². The van der Waals surface area contributed by atoms with Crippen LogP contribution >= 0.6 is 0 Å². The molecule has 0 aliphatic heterocycles. The number of nitrogens with one attached hydrogen (secondary N) is 1. The molecule has 3 N–H and O–H groups in total. The van der Waals surface area contributed by atoms with E-state index in [1.54, 1.807) is 0 Å². The van der Waals surface area contributed by atoms with Gasteiger partial charge in [-0.2, -0.15) is 0 Å². The lowest BCUT2D eigenvalue weighted by atomic mass is 9.80. The van der Waals surface area contributed by atoms with Crippen molar-refractivity contribution >= 4 is 34.4 Å². The van der Waals surface area contributed by atoms with Gasteiger partial charge in [-0.05, 0) is 17.5 Å². The highest BCUT2D eigenvalue weighted by atomic mass is 16.4. The Morgan fingerprint density at radius 2 is 1.94 bits per heavy atom. The molecule has 1 aromatic heterocycles. The Morgan fingerprint density at radius 3 is 2.75 bits per heavy atom. The molecule has 0 fully saturated rings. The Labute approximate surface area is 99.5 Å². The van der Waals surface area contributed by atoms with Gasteiger partial charge in [0.2, 0.25) is 0 Å². The van der Waals surface area contributed by atoms with Crippen LogP contribution < -0.4 is 5.46 Å². The third kappa shape index (κ3) is 1.32. The van der Waals surface area contributed by atoms with Crippen LogP contribution in [0.25, 0.3) is 21.8 Å². The first-order valence-electron chi connectivity index (χ1n) is 7.21. The van der Waals surface area contributed by atoms with Crippen LogP contribution in [0.4, 0.5) is 0 Å². The number of rotatable bonds is 1. The molecule has 0 atom stereocenters. The predicted octanol–water partition coefficient (Wildman–Crippen LogP) is 1.00. The maximum Gasteiger partial charge on any atom is 0.488 e. The van der Waals surface area contributed by atoms with E-state index in [-0.39, 0.29) is 57.5 Å². The molecule has 0 saturated carbocycles. The first kappa shape index (κ1) is 5.52. The first-order valence-corrected chi connectivity index (χ1v) is 4.71. The minimum Gasteiger partial charge on any atom is -0.423 e. The van der Waals surface area contributed by atoms with Crippen LogP contribution in [0.1, 0.15) is 6.85 Å². The summed E-state index contributed by atoms with van der Waals surface area (Å²) in [5.41, 5.74) is 0.360. The van der Waals surface area contributed by atoms with Crippen LogP contribution in [0.3, 0.4) is 0 Å². The smallest absolute Gasteiger partial charge is 0.423 e. The summed E-state index contributed by atoms with van der Waals surface area (Å²) >= 11 is 0. The Balaban J connectivity index is 2.63. The molecule has 3 rings (SSSR count). The number of benzene rings is 2. The number of para-hydroxylation sites is 1. The van der Waals surface area contributed by atoms with Crippen molar-refractivity contribution in [2.45, 2.75) is 0 Å². The van der Waals surface area contributed by atoms with Crippen LogP contribution in [-0.2, 0) is 0 Å². The van der Waals surface area contributed by atoms with E-state index in [0.29, 0.717) is 0 Å². The Bertz CT molecular complexity index is 893. The highest BCUT2D eigenvalue weighted by molar-refractivity contribution is 6.59. The normalized spacial score (nSPS) is 15.5. The number of fused-ring (bicyclic) bond motifs is 3. The van der Waals surface area contributed by atoms with Crippen molar-refractivity contribution < 1.29 is 16.9 Å². The van der Waals surface area contributed by atoms with Gasteiger partial charge in [0.1, 0.15) is 0 Å². The molecule has 4 heteroatoms. The van der Waals surface area contributed by atoms with E-state index >= 15 is 0 Å². The fourth-order valence-electron chi connectivity index (χ4n) is 1.65. The molecule has 1 heterocycles. The Hall–Kier alpha value is -1.78. The maximum atomic E-state index is 9.30. The summed E-state index contributed by atoms with van der Waals surface area (Å²) < 4.78 is 39.5. The molecule has 0 aliphatic rings. The second kappa shape index (κ2) is 3.37. The molecule has 2 aromatic carbocycles. The van der Waals surface area contributed by atoms with Gasteiger partial charge < -0.3 is 15.0 Å². The number of hydrogen-bond acceptors (Lipinski definition) is 2. The zero-order valence-corrected chi connectivity index (χ0v) is 8.13. The van der Waals surface area contributed by atoms with Crippen LogP contribution in [0, 0.1) is 0 Å². The van der Waals surface area contributed by atoms with E-state index in [1.165, 1.54) is 12.1 Å². The van der Waals surface area contributed by atoms with E-state index in [4.69, 9.17) is 6.85 Å². The van der Waals surface area contributed by atoms with E-state index < -0.39 is 7.12 Å². The molecule has 3 nitrogen and oxygen atoms in total. The summed E-state index contributed by atoms with van der Waals surface area (Å²) in [4.78, 5) is 2.83. The van der Waals surface area contributed by atoms with Crippen molar-refractivity contribution in [3.63, 3.8) is 0 Å². The average Bonchev–Trinajstić information content (AvgIpc) is 2.81. The highest BCUT2D eigenvalue weighted by Crippen LogP contribution is 2.23. The number of aromatic amines is 1. The zero-order valence-electron chi connectivity index (χ0n) is 13.1. The summed E-state index contributed by atoms with van der Waals surface area (Å²) in [5, 5.41) is 18.9. The molecule has 0 aliphatic carbocycles. The van der Waals surface area contributed by atoms with Gasteiger partial charge in [-0.3, -0.25) is 0 Å². The number of aromatic nitrogens is 1. The summed E-state index contributed by atoms with van der Waals surface area (Å²) in [7, 11) is -1.90. The highest BCUT2D eigenvalue weighted by Gasteiger charge is 2.12. The molecule has 0 bridgehead atoms. The monoisotopic (exact) mass is 216 g/mol. The topological polar surface area (TPSA) is 56.2 Å². The van der Waals surface area contributed by atoms with Crippen molar-refractivity contribution in [3.8, 4) is 0 Å². The third-order valence-corrected chi connectivity index (χ3v) is 2.41. The van der Waals surface area contributed by atoms with E-state index in [0.717, 1.165) is 0 Å². The predicted molar refractivity (Wildman–Crippen MR) is 65.6 cm³/mol. The average molecular weight is 216 g/mol. The van der Waals surface area contributed by atoms with Crippen LogP contribution in [0.5, 0.6) is 0 Å².